The van der Waals surface area contributed by atoms with Gasteiger partial charge in [-0.2, -0.15) is 0 Å². The summed E-state index contributed by atoms with van der Waals surface area (Å²) in [7, 11) is 0. The fourth-order valence-corrected chi connectivity index (χ4v) is 2.01. The third-order valence-electron chi connectivity index (χ3n) is 3.30. The second-order valence-electron chi connectivity index (χ2n) is 4.84. The average Bonchev–Trinajstić information content (AvgIpc) is 2.46. The van der Waals surface area contributed by atoms with Gasteiger partial charge in [-0.3, -0.25) is 4.79 Å². The predicted octanol–water partition coefficient (Wildman–Crippen LogP) is 2.15. The van der Waals surface area contributed by atoms with E-state index in [2.05, 4.69) is 12.2 Å². The summed E-state index contributed by atoms with van der Waals surface area (Å²) in [4.78, 5) is 11.8. The highest BCUT2D eigenvalue weighted by Gasteiger charge is 2.08. The molecule has 4 nitrogen and oxygen atoms in total. The van der Waals surface area contributed by atoms with Crippen LogP contribution in [0.2, 0.25) is 0 Å². The van der Waals surface area contributed by atoms with Crippen molar-refractivity contribution in [3.8, 4) is 5.75 Å². The van der Waals surface area contributed by atoms with Crippen LogP contribution in [0, 0.1) is 5.92 Å². The van der Waals surface area contributed by atoms with E-state index in [0.717, 1.165) is 24.2 Å². The van der Waals surface area contributed by atoms with Crippen molar-refractivity contribution in [1.82, 2.24) is 5.32 Å². The van der Waals surface area contributed by atoms with E-state index < -0.39 is 0 Å². The SMILES string of the molecule is CCOc1ccc(CC(=O)NCC(CC)CCO)cc1. The highest BCUT2D eigenvalue weighted by molar-refractivity contribution is 5.78. The number of ether oxygens (including phenoxy) is 1. The van der Waals surface area contributed by atoms with Crippen LogP contribution in [-0.4, -0.2) is 30.8 Å². The summed E-state index contributed by atoms with van der Waals surface area (Å²) in [6.45, 7) is 5.46. The first-order valence-electron chi connectivity index (χ1n) is 7.28. The standard InChI is InChI=1S/C16H25NO3/c1-3-13(9-10-18)12-17-16(19)11-14-5-7-15(8-6-14)20-4-2/h5-8,13,18H,3-4,9-12H2,1-2H3,(H,17,19). The van der Waals surface area contributed by atoms with Crippen LogP contribution in [0.15, 0.2) is 24.3 Å². The summed E-state index contributed by atoms with van der Waals surface area (Å²) < 4.78 is 5.36. The number of hydrogen-bond acceptors (Lipinski definition) is 3. The fourth-order valence-electron chi connectivity index (χ4n) is 2.01. The zero-order chi connectivity index (χ0) is 14.8. The van der Waals surface area contributed by atoms with Crippen molar-refractivity contribution >= 4 is 5.91 Å². The Kier molecular flexibility index (Phi) is 7.73. The molecule has 0 aromatic heterocycles. The lowest BCUT2D eigenvalue weighted by molar-refractivity contribution is -0.120. The highest BCUT2D eigenvalue weighted by atomic mass is 16.5. The monoisotopic (exact) mass is 279 g/mol. The second kappa shape index (κ2) is 9.37. The van der Waals surface area contributed by atoms with Crippen molar-refractivity contribution in [3.05, 3.63) is 29.8 Å². The van der Waals surface area contributed by atoms with E-state index in [1.807, 2.05) is 31.2 Å². The molecule has 0 spiro atoms. The molecule has 0 radical (unpaired) electrons. The van der Waals surface area contributed by atoms with Crippen LogP contribution in [0.3, 0.4) is 0 Å². The van der Waals surface area contributed by atoms with Crippen LogP contribution in [0.5, 0.6) is 5.75 Å². The molecule has 4 heteroatoms. The van der Waals surface area contributed by atoms with Gasteiger partial charge < -0.3 is 15.2 Å². The molecule has 0 heterocycles. The molecule has 0 saturated heterocycles. The number of hydrogen-bond donors (Lipinski definition) is 2. The van der Waals surface area contributed by atoms with Gasteiger partial charge in [-0.05, 0) is 37.0 Å². The van der Waals surface area contributed by atoms with Crippen LogP contribution in [0.4, 0.5) is 0 Å². The van der Waals surface area contributed by atoms with Crippen molar-refractivity contribution in [2.24, 2.45) is 5.92 Å². The van der Waals surface area contributed by atoms with E-state index >= 15 is 0 Å². The summed E-state index contributed by atoms with van der Waals surface area (Å²) in [5.74, 6) is 1.19. The Hall–Kier alpha value is -1.55. The van der Waals surface area contributed by atoms with Crippen molar-refractivity contribution < 1.29 is 14.6 Å². The van der Waals surface area contributed by atoms with Crippen LogP contribution in [0.25, 0.3) is 0 Å². The highest BCUT2D eigenvalue weighted by Crippen LogP contribution is 2.12. The quantitative estimate of drug-likeness (QED) is 0.728. The molecule has 1 unspecified atom stereocenters. The molecule has 0 saturated carbocycles. The number of carbonyl (C=O) groups is 1. The molecule has 1 aromatic rings. The molecule has 20 heavy (non-hydrogen) atoms. The van der Waals surface area contributed by atoms with Crippen LogP contribution in [0.1, 0.15) is 32.3 Å². The lowest BCUT2D eigenvalue weighted by atomic mass is 10.0. The molecule has 1 amide bonds. The molecule has 0 aliphatic rings. The van der Waals surface area contributed by atoms with Gasteiger partial charge in [0.1, 0.15) is 5.75 Å². The number of nitrogens with one attached hydrogen (secondary N) is 1. The number of rotatable bonds is 9. The lowest BCUT2D eigenvalue weighted by Gasteiger charge is -2.14. The summed E-state index contributed by atoms with van der Waals surface area (Å²) in [6.07, 6.45) is 2.08. The molecule has 1 rings (SSSR count). The Morgan fingerprint density at radius 3 is 2.55 bits per heavy atom. The Morgan fingerprint density at radius 2 is 2.00 bits per heavy atom. The van der Waals surface area contributed by atoms with Crippen molar-refractivity contribution in [1.29, 1.82) is 0 Å². The van der Waals surface area contributed by atoms with E-state index in [1.165, 1.54) is 0 Å². The van der Waals surface area contributed by atoms with E-state index in [1.54, 1.807) is 0 Å². The summed E-state index contributed by atoms with van der Waals surface area (Å²) in [6, 6.07) is 7.59. The number of aliphatic hydroxyl groups is 1. The molecule has 0 fully saturated rings. The number of amides is 1. The molecule has 2 N–H and O–H groups in total. The van der Waals surface area contributed by atoms with Crippen molar-refractivity contribution in [2.75, 3.05) is 19.8 Å². The average molecular weight is 279 g/mol. The molecule has 0 aliphatic heterocycles. The van der Waals surface area contributed by atoms with Crippen molar-refractivity contribution in [2.45, 2.75) is 33.1 Å². The van der Waals surface area contributed by atoms with Gasteiger partial charge in [0.15, 0.2) is 0 Å². The predicted molar refractivity (Wildman–Crippen MR) is 79.8 cm³/mol. The van der Waals surface area contributed by atoms with Crippen LogP contribution >= 0.6 is 0 Å². The van der Waals surface area contributed by atoms with E-state index in [-0.39, 0.29) is 12.5 Å². The van der Waals surface area contributed by atoms with Gasteiger partial charge in [0.2, 0.25) is 5.91 Å². The first-order valence-corrected chi connectivity index (χ1v) is 7.28. The van der Waals surface area contributed by atoms with Gasteiger partial charge in [-0.1, -0.05) is 25.5 Å². The molecular weight excluding hydrogens is 254 g/mol. The van der Waals surface area contributed by atoms with Gasteiger partial charge in [-0.25, -0.2) is 0 Å². The molecular formula is C16H25NO3. The number of benzene rings is 1. The molecule has 0 aliphatic carbocycles. The lowest BCUT2D eigenvalue weighted by Crippen LogP contribution is -2.30. The fraction of sp³-hybridized carbons (Fsp3) is 0.562. The Bertz CT molecular complexity index is 389. The largest absolute Gasteiger partial charge is 0.494 e. The third kappa shape index (κ3) is 6.06. The zero-order valence-electron chi connectivity index (χ0n) is 12.4. The minimum Gasteiger partial charge on any atom is -0.494 e. The molecule has 1 aromatic carbocycles. The third-order valence-corrected chi connectivity index (χ3v) is 3.30. The summed E-state index contributed by atoms with van der Waals surface area (Å²) in [5.41, 5.74) is 0.973. The Morgan fingerprint density at radius 1 is 1.30 bits per heavy atom. The minimum atomic E-state index is 0.0190. The van der Waals surface area contributed by atoms with Gasteiger partial charge in [0, 0.05) is 13.2 Å². The molecule has 112 valence electrons. The minimum absolute atomic E-state index is 0.0190. The maximum atomic E-state index is 11.8. The maximum Gasteiger partial charge on any atom is 0.224 e. The van der Waals surface area contributed by atoms with E-state index in [4.69, 9.17) is 9.84 Å². The second-order valence-corrected chi connectivity index (χ2v) is 4.84. The summed E-state index contributed by atoms with van der Waals surface area (Å²) in [5, 5.41) is 11.8. The first-order chi connectivity index (χ1) is 9.69. The van der Waals surface area contributed by atoms with Gasteiger partial charge in [0.05, 0.1) is 13.0 Å². The maximum absolute atomic E-state index is 11.8. The Balaban J connectivity index is 2.37. The van der Waals surface area contributed by atoms with E-state index in [9.17, 15) is 4.79 Å². The van der Waals surface area contributed by atoms with E-state index in [0.29, 0.717) is 25.5 Å². The molecule has 1 atom stereocenters. The normalized spacial score (nSPS) is 11.9. The summed E-state index contributed by atoms with van der Waals surface area (Å²) >= 11 is 0. The first kappa shape index (κ1) is 16.5. The molecule has 0 bridgehead atoms. The van der Waals surface area contributed by atoms with Gasteiger partial charge >= 0.3 is 0 Å². The van der Waals surface area contributed by atoms with Crippen LogP contribution in [-0.2, 0) is 11.2 Å². The van der Waals surface area contributed by atoms with Gasteiger partial charge in [0.25, 0.3) is 0 Å². The number of carbonyl (C=O) groups excluding carboxylic acids is 1. The van der Waals surface area contributed by atoms with Crippen LogP contribution < -0.4 is 10.1 Å². The number of aliphatic hydroxyl groups excluding tert-OH is 1. The zero-order valence-corrected chi connectivity index (χ0v) is 12.4. The smallest absolute Gasteiger partial charge is 0.224 e. The Labute approximate surface area is 121 Å². The van der Waals surface area contributed by atoms with Gasteiger partial charge in [-0.15, -0.1) is 0 Å². The van der Waals surface area contributed by atoms with Crippen molar-refractivity contribution in [3.63, 3.8) is 0 Å². The topological polar surface area (TPSA) is 58.6 Å².